The van der Waals surface area contributed by atoms with E-state index in [1.54, 1.807) is 5.32 Å². The second-order valence-electron chi connectivity index (χ2n) is 3.06. The number of thiazole rings is 1. The molecule has 0 atom stereocenters. The van der Waals surface area contributed by atoms with Crippen LogP contribution in [0.25, 0.3) is 0 Å². The smallest absolute Gasteiger partial charge is 0.382 e. The van der Waals surface area contributed by atoms with Crippen molar-refractivity contribution in [2.24, 2.45) is 0 Å². The molecule has 5 nitrogen and oxygen atoms in total. The summed E-state index contributed by atoms with van der Waals surface area (Å²) >= 11 is 0.916. The molecule has 1 rings (SSSR count). The highest BCUT2D eigenvalue weighted by Crippen LogP contribution is 2.24. The van der Waals surface area contributed by atoms with Gasteiger partial charge in [0.25, 0.3) is 5.91 Å². The number of aromatic nitrogens is 1. The fourth-order valence-electron chi connectivity index (χ4n) is 0.982. The van der Waals surface area contributed by atoms with Crippen LogP contribution in [0, 0.1) is 0 Å². The molecule has 4 N–H and O–H groups in total. The molecule has 1 aromatic rings. The van der Waals surface area contributed by atoms with Crippen LogP contribution in [0.15, 0.2) is 0 Å². The normalized spacial score (nSPS) is 11.3. The molecule has 1 heterocycles. The lowest BCUT2D eigenvalue weighted by Gasteiger charge is -2.06. The summed E-state index contributed by atoms with van der Waals surface area (Å²) in [4.78, 5) is 15.2. The van der Waals surface area contributed by atoms with E-state index in [2.05, 4.69) is 10.3 Å². The maximum absolute atomic E-state index is 11.9. The number of rotatable bonds is 4. The molecule has 0 fully saturated rings. The molecule has 0 bridgehead atoms. The van der Waals surface area contributed by atoms with Crippen molar-refractivity contribution in [3.63, 3.8) is 0 Å². The molecular weight excluding hydrogens is 257 g/mol. The van der Waals surface area contributed by atoms with Crippen molar-refractivity contribution >= 4 is 28.2 Å². The van der Waals surface area contributed by atoms with Crippen molar-refractivity contribution in [1.82, 2.24) is 10.3 Å². The molecule has 17 heavy (non-hydrogen) atoms. The first kappa shape index (κ1) is 13.6. The van der Waals surface area contributed by atoms with Crippen molar-refractivity contribution in [1.29, 1.82) is 0 Å². The van der Waals surface area contributed by atoms with Crippen molar-refractivity contribution in [2.45, 2.75) is 13.1 Å². The lowest BCUT2D eigenvalue weighted by molar-refractivity contribution is -0.123. The van der Waals surface area contributed by atoms with Crippen LogP contribution in [0.1, 0.15) is 16.6 Å². The maximum atomic E-state index is 11.9. The standard InChI is InChI=1S/C8H11F3N4OS/c1-2-13-7-15-5(12)4(17-7)6(16)14-3-8(9,10)11/h2-3,12H2,1H3,(H,13,15)(H,14,16). The van der Waals surface area contributed by atoms with Crippen LogP contribution in [0.3, 0.4) is 0 Å². The molecular formula is C8H11F3N4OS. The van der Waals surface area contributed by atoms with Crippen molar-refractivity contribution in [3.8, 4) is 0 Å². The predicted molar refractivity (Wildman–Crippen MR) is 59.1 cm³/mol. The van der Waals surface area contributed by atoms with Crippen LogP contribution in [-0.4, -0.2) is 30.2 Å². The molecule has 0 saturated carbocycles. The van der Waals surface area contributed by atoms with E-state index in [1.807, 2.05) is 6.92 Å². The number of anilines is 2. The molecule has 0 aliphatic carbocycles. The number of halogens is 3. The number of nitrogens with two attached hydrogens (primary N) is 1. The zero-order valence-electron chi connectivity index (χ0n) is 8.89. The number of nitrogen functional groups attached to an aromatic ring is 1. The molecule has 96 valence electrons. The molecule has 0 spiro atoms. The van der Waals surface area contributed by atoms with E-state index in [4.69, 9.17) is 5.73 Å². The number of hydrogen-bond acceptors (Lipinski definition) is 5. The van der Waals surface area contributed by atoms with E-state index in [0.717, 1.165) is 11.3 Å². The zero-order chi connectivity index (χ0) is 13.1. The molecule has 0 saturated heterocycles. The van der Waals surface area contributed by atoms with Crippen molar-refractivity contribution in [2.75, 3.05) is 24.1 Å². The first-order chi connectivity index (χ1) is 7.83. The minimum Gasteiger partial charge on any atom is -0.382 e. The number of nitrogens with zero attached hydrogens (tertiary/aromatic N) is 1. The number of nitrogens with one attached hydrogen (secondary N) is 2. The zero-order valence-corrected chi connectivity index (χ0v) is 9.71. The minimum absolute atomic E-state index is 0.0230. The van der Waals surface area contributed by atoms with E-state index in [1.165, 1.54) is 0 Å². The summed E-state index contributed by atoms with van der Waals surface area (Å²) in [6.07, 6.45) is -4.44. The van der Waals surface area contributed by atoms with E-state index in [9.17, 15) is 18.0 Å². The summed E-state index contributed by atoms with van der Waals surface area (Å²) in [7, 11) is 0. The summed E-state index contributed by atoms with van der Waals surface area (Å²) in [6, 6.07) is 0. The Kier molecular flexibility index (Phi) is 4.16. The van der Waals surface area contributed by atoms with Gasteiger partial charge >= 0.3 is 6.18 Å². The number of carbonyl (C=O) groups excluding carboxylic acids is 1. The Balaban J connectivity index is 2.68. The van der Waals surface area contributed by atoms with Crippen LogP contribution >= 0.6 is 11.3 Å². The Morgan fingerprint density at radius 1 is 1.53 bits per heavy atom. The van der Waals surface area contributed by atoms with Gasteiger partial charge in [-0.25, -0.2) is 4.98 Å². The van der Waals surface area contributed by atoms with Gasteiger partial charge in [0, 0.05) is 6.54 Å². The fourth-order valence-corrected chi connectivity index (χ4v) is 1.85. The van der Waals surface area contributed by atoms with Gasteiger partial charge in [0.2, 0.25) is 0 Å². The average molecular weight is 268 g/mol. The lowest BCUT2D eigenvalue weighted by atomic mass is 10.4. The third-order valence-electron chi connectivity index (χ3n) is 1.64. The van der Waals surface area contributed by atoms with Gasteiger partial charge in [-0.2, -0.15) is 13.2 Å². The predicted octanol–water partition coefficient (Wildman–Crippen LogP) is 1.45. The lowest BCUT2D eigenvalue weighted by Crippen LogP contribution is -2.33. The molecule has 1 aromatic heterocycles. The van der Waals surface area contributed by atoms with Crippen LogP contribution < -0.4 is 16.4 Å². The van der Waals surface area contributed by atoms with E-state index in [-0.39, 0.29) is 10.7 Å². The number of carbonyl (C=O) groups is 1. The molecule has 0 aromatic carbocycles. The third kappa shape index (κ3) is 4.10. The summed E-state index contributed by atoms with van der Waals surface area (Å²) in [5.41, 5.74) is 5.43. The van der Waals surface area contributed by atoms with Crippen LogP contribution in [0.4, 0.5) is 24.1 Å². The maximum Gasteiger partial charge on any atom is 0.405 e. The minimum atomic E-state index is -4.44. The molecule has 9 heteroatoms. The van der Waals surface area contributed by atoms with Gasteiger partial charge in [-0.15, -0.1) is 0 Å². The summed E-state index contributed by atoms with van der Waals surface area (Å²) < 4.78 is 35.7. The first-order valence-electron chi connectivity index (χ1n) is 4.68. The van der Waals surface area contributed by atoms with Gasteiger partial charge in [-0.3, -0.25) is 4.79 Å². The van der Waals surface area contributed by atoms with Gasteiger partial charge < -0.3 is 16.4 Å². The van der Waals surface area contributed by atoms with Gasteiger partial charge in [0.05, 0.1) is 0 Å². The highest BCUT2D eigenvalue weighted by Gasteiger charge is 2.28. The quantitative estimate of drug-likeness (QED) is 0.772. The van der Waals surface area contributed by atoms with E-state index < -0.39 is 18.6 Å². The highest BCUT2D eigenvalue weighted by molar-refractivity contribution is 7.18. The van der Waals surface area contributed by atoms with Gasteiger partial charge in [-0.1, -0.05) is 11.3 Å². The SMILES string of the molecule is CCNc1nc(N)c(C(=O)NCC(F)(F)F)s1. The number of amides is 1. The van der Waals surface area contributed by atoms with Crippen LogP contribution in [0.2, 0.25) is 0 Å². The number of hydrogen-bond donors (Lipinski definition) is 3. The molecule has 0 unspecified atom stereocenters. The average Bonchev–Trinajstić information content (AvgIpc) is 2.55. The monoisotopic (exact) mass is 268 g/mol. The summed E-state index contributed by atoms with van der Waals surface area (Å²) in [6.45, 7) is 1.01. The molecule has 0 aliphatic heterocycles. The second kappa shape index (κ2) is 5.21. The van der Waals surface area contributed by atoms with Gasteiger partial charge in [0.1, 0.15) is 17.2 Å². The number of alkyl halides is 3. The second-order valence-corrected chi connectivity index (χ2v) is 4.06. The van der Waals surface area contributed by atoms with Crippen molar-refractivity contribution < 1.29 is 18.0 Å². The van der Waals surface area contributed by atoms with Crippen LogP contribution in [-0.2, 0) is 0 Å². The summed E-state index contributed by atoms with van der Waals surface area (Å²) in [5.74, 6) is -0.952. The van der Waals surface area contributed by atoms with E-state index in [0.29, 0.717) is 11.7 Å². The van der Waals surface area contributed by atoms with Crippen molar-refractivity contribution in [3.05, 3.63) is 4.88 Å². The Morgan fingerprint density at radius 2 is 2.18 bits per heavy atom. The van der Waals surface area contributed by atoms with E-state index >= 15 is 0 Å². The third-order valence-corrected chi connectivity index (χ3v) is 2.66. The molecule has 1 amide bonds. The van der Waals surface area contributed by atoms with Gasteiger partial charge in [0.15, 0.2) is 5.13 Å². The van der Waals surface area contributed by atoms with Gasteiger partial charge in [-0.05, 0) is 6.92 Å². The Labute approximate surface area is 99.2 Å². The molecule has 0 radical (unpaired) electrons. The topological polar surface area (TPSA) is 80.0 Å². The Morgan fingerprint density at radius 3 is 2.71 bits per heavy atom. The Bertz CT molecular complexity index is 404. The largest absolute Gasteiger partial charge is 0.405 e. The summed E-state index contributed by atoms with van der Waals surface area (Å²) in [5, 5.41) is 4.96. The fraction of sp³-hybridized carbons (Fsp3) is 0.500. The van der Waals surface area contributed by atoms with Crippen LogP contribution in [0.5, 0.6) is 0 Å². The Hall–Kier alpha value is -1.51. The highest BCUT2D eigenvalue weighted by atomic mass is 32.1. The molecule has 0 aliphatic rings. The first-order valence-corrected chi connectivity index (χ1v) is 5.50.